The van der Waals surface area contributed by atoms with Crippen LogP contribution in [0.2, 0.25) is 0 Å². The Balaban J connectivity index is 1.80. The van der Waals surface area contributed by atoms with Gasteiger partial charge in [0.1, 0.15) is 5.82 Å². The number of benzene rings is 1. The minimum absolute atomic E-state index is 0.286. The molecule has 1 aliphatic heterocycles. The van der Waals surface area contributed by atoms with E-state index in [1.165, 1.54) is 12.8 Å². The van der Waals surface area contributed by atoms with Crippen molar-refractivity contribution in [3.63, 3.8) is 0 Å². The molecule has 1 aliphatic carbocycles. The molecular formula is C16H18N2O3. The Morgan fingerprint density at radius 3 is 2.90 bits per heavy atom. The zero-order chi connectivity index (χ0) is 14.6. The van der Waals surface area contributed by atoms with Crippen LogP contribution < -0.4 is 0 Å². The fourth-order valence-electron chi connectivity index (χ4n) is 3.52. The molecule has 5 heteroatoms. The SMILES string of the molecule is Cc1nc2cc(C(=O)O)ccc2n1C1CCOC1C1CC1. The van der Waals surface area contributed by atoms with Crippen molar-refractivity contribution >= 4 is 17.0 Å². The quantitative estimate of drug-likeness (QED) is 0.942. The summed E-state index contributed by atoms with van der Waals surface area (Å²) in [6, 6.07) is 5.52. The van der Waals surface area contributed by atoms with Gasteiger partial charge in [-0.25, -0.2) is 9.78 Å². The summed E-state index contributed by atoms with van der Waals surface area (Å²) in [5.74, 6) is 0.713. The van der Waals surface area contributed by atoms with Crippen LogP contribution in [0.3, 0.4) is 0 Å². The van der Waals surface area contributed by atoms with Crippen LogP contribution in [-0.2, 0) is 4.74 Å². The summed E-state index contributed by atoms with van der Waals surface area (Å²) in [6.07, 6.45) is 3.82. The lowest BCUT2D eigenvalue weighted by atomic mass is 10.1. The normalized spacial score (nSPS) is 25.6. The standard InChI is InChI=1S/C16H18N2O3/c1-9-17-12-8-11(16(19)20)4-5-13(12)18(9)14-6-7-21-15(14)10-2-3-10/h4-5,8,10,14-15H,2-3,6-7H2,1H3,(H,19,20). The van der Waals surface area contributed by atoms with Gasteiger partial charge in [0.05, 0.1) is 28.7 Å². The molecule has 2 aromatic rings. The van der Waals surface area contributed by atoms with E-state index in [1.54, 1.807) is 12.1 Å². The van der Waals surface area contributed by atoms with Crippen LogP contribution in [0.1, 0.15) is 41.5 Å². The van der Waals surface area contributed by atoms with E-state index >= 15 is 0 Å². The number of aromatic carboxylic acids is 1. The van der Waals surface area contributed by atoms with Crippen molar-refractivity contribution in [2.24, 2.45) is 5.92 Å². The first-order valence-electron chi connectivity index (χ1n) is 7.48. The molecule has 1 aromatic heterocycles. The summed E-state index contributed by atoms with van der Waals surface area (Å²) in [5.41, 5.74) is 2.06. The molecular weight excluding hydrogens is 268 g/mol. The molecule has 0 bridgehead atoms. The van der Waals surface area contributed by atoms with E-state index in [0.717, 1.165) is 29.9 Å². The van der Waals surface area contributed by atoms with Crippen LogP contribution in [0.15, 0.2) is 18.2 Å². The molecule has 1 aromatic carbocycles. The highest BCUT2D eigenvalue weighted by Gasteiger charge is 2.42. The average Bonchev–Trinajstić information content (AvgIpc) is 3.09. The van der Waals surface area contributed by atoms with Gasteiger partial charge in [0.25, 0.3) is 0 Å². The van der Waals surface area contributed by atoms with Gasteiger partial charge in [-0.15, -0.1) is 0 Å². The molecule has 0 radical (unpaired) electrons. The predicted molar refractivity (Wildman–Crippen MR) is 77.5 cm³/mol. The number of aromatic nitrogens is 2. The molecule has 2 fully saturated rings. The second-order valence-electron chi connectivity index (χ2n) is 6.07. The number of nitrogens with zero attached hydrogens (tertiary/aromatic N) is 2. The number of carbonyl (C=O) groups is 1. The first kappa shape index (κ1) is 12.8. The molecule has 110 valence electrons. The van der Waals surface area contributed by atoms with Crippen molar-refractivity contribution in [1.82, 2.24) is 9.55 Å². The number of hydrogen-bond acceptors (Lipinski definition) is 3. The van der Waals surface area contributed by atoms with E-state index in [4.69, 9.17) is 9.84 Å². The highest BCUT2D eigenvalue weighted by Crippen LogP contribution is 2.44. The van der Waals surface area contributed by atoms with Gasteiger partial charge in [0, 0.05) is 6.61 Å². The Labute approximate surface area is 122 Å². The maximum Gasteiger partial charge on any atom is 0.335 e. The number of carboxylic acid groups (broad SMARTS) is 1. The fraction of sp³-hybridized carbons (Fsp3) is 0.500. The third-order valence-electron chi connectivity index (χ3n) is 4.63. The smallest absolute Gasteiger partial charge is 0.335 e. The number of fused-ring (bicyclic) bond motifs is 1. The van der Waals surface area contributed by atoms with Gasteiger partial charge in [-0.1, -0.05) is 0 Å². The van der Waals surface area contributed by atoms with E-state index in [-0.39, 0.29) is 5.56 Å². The number of rotatable bonds is 3. The third kappa shape index (κ3) is 2.03. The summed E-state index contributed by atoms with van der Waals surface area (Å²) < 4.78 is 8.18. The van der Waals surface area contributed by atoms with Crippen molar-refractivity contribution in [3.05, 3.63) is 29.6 Å². The number of hydrogen-bond donors (Lipinski definition) is 1. The van der Waals surface area contributed by atoms with Crippen LogP contribution in [0, 0.1) is 12.8 Å². The summed E-state index contributed by atoms with van der Waals surface area (Å²) in [6.45, 7) is 2.79. The average molecular weight is 286 g/mol. The van der Waals surface area contributed by atoms with E-state index in [0.29, 0.717) is 18.1 Å². The number of carboxylic acids is 1. The molecule has 5 nitrogen and oxygen atoms in total. The summed E-state index contributed by atoms with van der Waals surface area (Å²) in [5, 5.41) is 9.10. The van der Waals surface area contributed by atoms with Gasteiger partial charge in [-0.3, -0.25) is 0 Å². The Bertz CT molecular complexity index is 718. The van der Waals surface area contributed by atoms with E-state index < -0.39 is 5.97 Å². The second-order valence-corrected chi connectivity index (χ2v) is 6.07. The van der Waals surface area contributed by atoms with Crippen LogP contribution in [0.5, 0.6) is 0 Å². The zero-order valence-electron chi connectivity index (χ0n) is 12.0. The predicted octanol–water partition coefficient (Wildman–Crippen LogP) is 2.78. The van der Waals surface area contributed by atoms with Crippen LogP contribution in [-0.4, -0.2) is 33.3 Å². The maximum atomic E-state index is 11.1. The summed E-state index contributed by atoms with van der Waals surface area (Å²) >= 11 is 0. The number of ether oxygens (including phenoxy) is 1. The topological polar surface area (TPSA) is 64.3 Å². The molecule has 2 unspecified atom stereocenters. The van der Waals surface area contributed by atoms with Crippen molar-refractivity contribution in [3.8, 4) is 0 Å². The van der Waals surface area contributed by atoms with Crippen molar-refractivity contribution in [1.29, 1.82) is 0 Å². The van der Waals surface area contributed by atoms with E-state index in [1.807, 2.05) is 13.0 Å². The van der Waals surface area contributed by atoms with Crippen molar-refractivity contribution in [2.45, 2.75) is 38.3 Å². The van der Waals surface area contributed by atoms with E-state index in [9.17, 15) is 4.79 Å². The van der Waals surface area contributed by atoms with Gasteiger partial charge >= 0.3 is 5.97 Å². The minimum atomic E-state index is -0.913. The largest absolute Gasteiger partial charge is 0.478 e. The maximum absolute atomic E-state index is 11.1. The molecule has 0 spiro atoms. The fourth-order valence-corrected chi connectivity index (χ4v) is 3.52. The molecule has 0 amide bonds. The zero-order valence-corrected chi connectivity index (χ0v) is 12.0. The molecule has 2 aliphatic rings. The number of aryl methyl sites for hydroxylation is 1. The van der Waals surface area contributed by atoms with Crippen LogP contribution >= 0.6 is 0 Å². The Hall–Kier alpha value is -1.88. The van der Waals surface area contributed by atoms with Gasteiger partial charge < -0.3 is 14.4 Å². The van der Waals surface area contributed by atoms with Gasteiger partial charge in [-0.05, 0) is 50.3 Å². The minimum Gasteiger partial charge on any atom is -0.478 e. The summed E-state index contributed by atoms with van der Waals surface area (Å²) in [4.78, 5) is 15.6. The van der Waals surface area contributed by atoms with Crippen LogP contribution in [0.25, 0.3) is 11.0 Å². The molecule has 1 saturated carbocycles. The first-order chi connectivity index (χ1) is 10.1. The van der Waals surface area contributed by atoms with Crippen molar-refractivity contribution < 1.29 is 14.6 Å². The van der Waals surface area contributed by atoms with Gasteiger partial charge in [0.15, 0.2) is 0 Å². The van der Waals surface area contributed by atoms with Gasteiger partial charge in [0.2, 0.25) is 0 Å². The first-order valence-corrected chi connectivity index (χ1v) is 7.48. The third-order valence-corrected chi connectivity index (χ3v) is 4.63. The second kappa shape index (κ2) is 4.56. The monoisotopic (exact) mass is 286 g/mol. The highest BCUT2D eigenvalue weighted by molar-refractivity contribution is 5.92. The molecule has 1 N–H and O–H groups in total. The molecule has 2 atom stereocenters. The van der Waals surface area contributed by atoms with Gasteiger partial charge in [-0.2, -0.15) is 0 Å². The lowest BCUT2D eigenvalue weighted by molar-refractivity contribution is 0.0697. The van der Waals surface area contributed by atoms with Crippen molar-refractivity contribution in [2.75, 3.05) is 6.61 Å². The molecule has 1 saturated heterocycles. The Kier molecular flexibility index (Phi) is 2.79. The lowest BCUT2D eigenvalue weighted by Gasteiger charge is -2.21. The summed E-state index contributed by atoms with van der Waals surface area (Å²) in [7, 11) is 0. The number of imidazole rings is 1. The molecule has 4 rings (SSSR count). The lowest BCUT2D eigenvalue weighted by Crippen LogP contribution is -2.22. The Morgan fingerprint density at radius 1 is 1.38 bits per heavy atom. The van der Waals surface area contributed by atoms with E-state index in [2.05, 4.69) is 9.55 Å². The molecule has 2 heterocycles. The molecule has 21 heavy (non-hydrogen) atoms. The Morgan fingerprint density at radius 2 is 2.19 bits per heavy atom. The van der Waals surface area contributed by atoms with Crippen LogP contribution in [0.4, 0.5) is 0 Å². The highest BCUT2D eigenvalue weighted by atomic mass is 16.5.